The Morgan fingerprint density at radius 2 is 2.00 bits per heavy atom. The Kier molecular flexibility index (Phi) is 5.88. The van der Waals surface area contributed by atoms with E-state index in [0.29, 0.717) is 11.8 Å². The van der Waals surface area contributed by atoms with Crippen molar-refractivity contribution in [2.45, 2.75) is 40.0 Å². The molecule has 2 rings (SSSR count). The van der Waals surface area contributed by atoms with Crippen LogP contribution >= 0.6 is 0 Å². The largest absolute Gasteiger partial charge is 0.496 e. The Morgan fingerprint density at radius 3 is 2.47 bits per heavy atom. The van der Waals surface area contributed by atoms with Crippen LogP contribution in [0.3, 0.4) is 0 Å². The van der Waals surface area contributed by atoms with Gasteiger partial charge in [0.05, 0.1) is 7.11 Å². The first-order valence-electron chi connectivity index (χ1n) is 7.15. The molecule has 1 fully saturated rings. The van der Waals surface area contributed by atoms with Crippen molar-refractivity contribution in [3.05, 3.63) is 47.6 Å². The van der Waals surface area contributed by atoms with E-state index in [9.17, 15) is 0 Å². The lowest BCUT2D eigenvalue weighted by molar-refractivity contribution is 0.413. The van der Waals surface area contributed by atoms with Gasteiger partial charge in [0.15, 0.2) is 0 Å². The maximum Gasteiger partial charge on any atom is 0.126 e. The molecule has 0 aliphatic heterocycles. The van der Waals surface area contributed by atoms with Gasteiger partial charge in [0.2, 0.25) is 0 Å². The molecule has 1 aliphatic rings. The number of rotatable bonds is 4. The monoisotopic (exact) mass is 258 g/mol. The third-order valence-electron chi connectivity index (χ3n) is 3.51. The smallest absolute Gasteiger partial charge is 0.126 e. The van der Waals surface area contributed by atoms with E-state index in [0.717, 1.165) is 5.75 Å². The lowest BCUT2D eigenvalue weighted by Crippen LogP contribution is -1.94. The van der Waals surface area contributed by atoms with Crippen molar-refractivity contribution < 1.29 is 4.74 Å². The summed E-state index contributed by atoms with van der Waals surface area (Å²) >= 11 is 0. The first-order valence-corrected chi connectivity index (χ1v) is 7.15. The predicted octanol–water partition coefficient (Wildman–Crippen LogP) is 5.35. The molecule has 104 valence electrons. The van der Waals surface area contributed by atoms with Gasteiger partial charge >= 0.3 is 0 Å². The molecule has 1 aromatic carbocycles. The molecule has 2 unspecified atom stereocenters. The molecule has 1 saturated carbocycles. The summed E-state index contributed by atoms with van der Waals surface area (Å²) in [6, 6.07) is 4.41. The quantitative estimate of drug-likeness (QED) is 0.661. The van der Waals surface area contributed by atoms with Gasteiger partial charge in [0, 0.05) is 5.56 Å². The molecule has 0 spiro atoms. The molecule has 0 aromatic heterocycles. The van der Waals surface area contributed by atoms with Gasteiger partial charge in [-0.2, -0.15) is 0 Å². The summed E-state index contributed by atoms with van der Waals surface area (Å²) < 4.78 is 5.42. The van der Waals surface area contributed by atoms with Gasteiger partial charge in [0.25, 0.3) is 0 Å². The van der Waals surface area contributed by atoms with Crippen LogP contribution in [0.15, 0.2) is 30.9 Å². The van der Waals surface area contributed by atoms with Crippen LogP contribution < -0.4 is 4.74 Å². The van der Waals surface area contributed by atoms with Gasteiger partial charge in [-0.1, -0.05) is 32.1 Å². The SMILES string of the molecule is C=CC1CC1c1cc(/C=C\C)c(OC)cc1C.CC. The normalized spacial score (nSPS) is 20.7. The molecule has 0 amide bonds. The van der Waals surface area contributed by atoms with Gasteiger partial charge in [-0.25, -0.2) is 0 Å². The first kappa shape index (κ1) is 15.6. The molecule has 0 heterocycles. The van der Waals surface area contributed by atoms with Gasteiger partial charge in [-0.15, -0.1) is 6.58 Å². The summed E-state index contributed by atoms with van der Waals surface area (Å²) in [5, 5.41) is 0. The van der Waals surface area contributed by atoms with Crippen LogP contribution in [0.25, 0.3) is 6.08 Å². The number of hydrogen-bond donors (Lipinski definition) is 0. The Hall–Kier alpha value is -1.50. The van der Waals surface area contributed by atoms with Crippen molar-refractivity contribution in [1.29, 1.82) is 0 Å². The minimum atomic E-state index is 0.667. The Balaban J connectivity index is 0.000000861. The second-order valence-corrected chi connectivity index (χ2v) is 4.69. The molecule has 1 aliphatic carbocycles. The lowest BCUT2D eigenvalue weighted by atomic mass is 9.98. The molecule has 19 heavy (non-hydrogen) atoms. The summed E-state index contributed by atoms with van der Waals surface area (Å²) in [6.45, 7) is 12.1. The highest BCUT2D eigenvalue weighted by atomic mass is 16.5. The zero-order chi connectivity index (χ0) is 14.4. The molecule has 0 N–H and O–H groups in total. The summed E-state index contributed by atoms with van der Waals surface area (Å²) in [4.78, 5) is 0. The van der Waals surface area contributed by atoms with Gasteiger partial charge < -0.3 is 4.74 Å². The van der Waals surface area contributed by atoms with E-state index >= 15 is 0 Å². The van der Waals surface area contributed by atoms with Crippen molar-refractivity contribution >= 4 is 6.08 Å². The highest BCUT2D eigenvalue weighted by Crippen LogP contribution is 2.50. The molecule has 1 heteroatoms. The molecule has 0 radical (unpaired) electrons. The number of methoxy groups -OCH3 is 1. The summed E-state index contributed by atoms with van der Waals surface area (Å²) in [7, 11) is 1.73. The van der Waals surface area contributed by atoms with E-state index in [1.165, 1.54) is 23.1 Å². The Morgan fingerprint density at radius 1 is 1.32 bits per heavy atom. The standard InChI is InChI=1S/C16H20O.C2H6/c1-5-7-13-10-14(15-9-12(15)6-2)11(3)8-16(13)17-4;1-2/h5-8,10,12,15H,2,9H2,1,3-4H3;1-2H3/b7-5-;. The molecule has 0 saturated heterocycles. The van der Waals surface area contributed by atoms with E-state index in [2.05, 4.69) is 43.9 Å². The zero-order valence-corrected chi connectivity index (χ0v) is 12.9. The van der Waals surface area contributed by atoms with Crippen molar-refractivity contribution in [2.75, 3.05) is 7.11 Å². The second-order valence-electron chi connectivity index (χ2n) is 4.69. The average molecular weight is 258 g/mol. The third-order valence-corrected chi connectivity index (χ3v) is 3.51. The topological polar surface area (TPSA) is 9.23 Å². The maximum absolute atomic E-state index is 5.42. The van der Waals surface area contributed by atoms with E-state index in [1.54, 1.807) is 7.11 Å². The lowest BCUT2D eigenvalue weighted by Gasteiger charge is -2.11. The Bertz CT molecular complexity index is 457. The van der Waals surface area contributed by atoms with Crippen molar-refractivity contribution in [3.63, 3.8) is 0 Å². The number of ether oxygens (including phenoxy) is 1. The number of hydrogen-bond acceptors (Lipinski definition) is 1. The first-order chi connectivity index (χ1) is 9.21. The number of aryl methyl sites for hydroxylation is 1. The van der Waals surface area contributed by atoms with Crippen LogP contribution in [0.5, 0.6) is 5.75 Å². The van der Waals surface area contributed by atoms with Crippen LogP contribution in [0.2, 0.25) is 0 Å². The number of benzene rings is 1. The molecule has 0 bridgehead atoms. The van der Waals surface area contributed by atoms with Crippen LogP contribution in [-0.4, -0.2) is 7.11 Å². The van der Waals surface area contributed by atoms with Crippen LogP contribution in [-0.2, 0) is 0 Å². The van der Waals surface area contributed by atoms with E-state index in [1.807, 2.05) is 20.8 Å². The van der Waals surface area contributed by atoms with E-state index in [4.69, 9.17) is 4.74 Å². The van der Waals surface area contributed by atoms with Crippen LogP contribution in [0.1, 0.15) is 49.8 Å². The summed E-state index contributed by atoms with van der Waals surface area (Å²) in [5.41, 5.74) is 3.94. The van der Waals surface area contributed by atoms with Crippen molar-refractivity contribution in [1.82, 2.24) is 0 Å². The van der Waals surface area contributed by atoms with Crippen LogP contribution in [0, 0.1) is 12.8 Å². The fourth-order valence-electron chi connectivity index (χ4n) is 2.43. The highest BCUT2D eigenvalue weighted by Gasteiger charge is 2.36. The minimum absolute atomic E-state index is 0.667. The van der Waals surface area contributed by atoms with E-state index in [-0.39, 0.29) is 0 Å². The maximum atomic E-state index is 5.42. The van der Waals surface area contributed by atoms with Gasteiger partial charge in [0.1, 0.15) is 5.75 Å². The fraction of sp³-hybridized carbons (Fsp3) is 0.444. The van der Waals surface area contributed by atoms with Gasteiger partial charge in [-0.05, 0) is 55.4 Å². The summed E-state index contributed by atoms with van der Waals surface area (Å²) in [6.07, 6.45) is 7.47. The minimum Gasteiger partial charge on any atom is -0.496 e. The zero-order valence-electron chi connectivity index (χ0n) is 12.9. The molecular weight excluding hydrogens is 232 g/mol. The molecule has 1 aromatic rings. The average Bonchev–Trinajstić information content (AvgIpc) is 3.22. The highest BCUT2D eigenvalue weighted by molar-refractivity contribution is 5.60. The number of allylic oxidation sites excluding steroid dienone is 2. The van der Waals surface area contributed by atoms with E-state index < -0.39 is 0 Å². The summed E-state index contributed by atoms with van der Waals surface area (Å²) in [5.74, 6) is 2.29. The van der Waals surface area contributed by atoms with Crippen molar-refractivity contribution in [2.24, 2.45) is 5.92 Å². The Labute approximate surface area is 118 Å². The molecule has 2 atom stereocenters. The molecular formula is C18H26O. The second kappa shape index (κ2) is 7.18. The van der Waals surface area contributed by atoms with Crippen LogP contribution in [0.4, 0.5) is 0 Å². The fourth-order valence-corrected chi connectivity index (χ4v) is 2.43. The molecule has 1 nitrogen and oxygen atoms in total. The third kappa shape index (κ3) is 3.50. The van der Waals surface area contributed by atoms with Crippen molar-refractivity contribution in [3.8, 4) is 5.75 Å². The predicted molar refractivity (Wildman–Crippen MR) is 84.8 cm³/mol. The van der Waals surface area contributed by atoms with Gasteiger partial charge in [-0.3, -0.25) is 0 Å².